The lowest BCUT2D eigenvalue weighted by Crippen LogP contribution is -2.25. The summed E-state index contributed by atoms with van der Waals surface area (Å²) in [5.41, 5.74) is 3.50. The minimum Gasteiger partial charge on any atom is -0.387 e. The van der Waals surface area contributed by atoms with Gasteiger partial charge in [0.2, 0.25) is 0 Å². The summed E-state index contributed by atoms with van der Waals surface area (Å²) in [6.07, 6.45) is 2.22. The predicted octanol–water partition coefficient (Wildman–Crippen LogP) is 2.43. The quantitative estimate of drug-likeness (QED) is 0.844. The van der Waals surface area contributed by atoms with Crippen LogP contribution in [0.2, 0.25) is 0 Å². The fraction of sp³-hybridized carbons (Fsp3) is 0.571. The largest absolute Gasteiger partial charge is 0.387 e. The van der Waals surface area contributed by atoms with Gasteiger partial charge in [0, 0.05) is 6.54 Å². The van der Waals surface area contributed by atoms with Crippen molar-refractivity contribution in [2.45, 2.75) is 32.8 Å². The van der Waals surface area contributed by atoms with E-state index in [9.17, 15) is 5.11 Å². The van der Waals surface area contributed by atoms with E-state index in [2.05, 4.69) is 36.9 Å². The van der Waals surface area contributed by atoms with Crippen molar-refractivity contribution >= 4 is 0 Å². The van der Waals surface area contributed by atoms with E-state index >= 15 is 0 Å². The van der Waals surface area contributed by atoms with Crippen LogP contribution in [0.1, 0.15) is 35.6 Å². The van der Waals surface area contributed by atoms with Crippen LogP contribution in [0.5, 0.6) is 0 Å². The maximum Gasteiger partial charge on any atom is 0.0919 e. The van der Waals surface area contributed by atoms with Crippen LogP contribution in [0, 0.1) is 13.8 Å². The molecule has 0 aliphatic carbocycles. The Morgan fingerprint density at radius 1 is 1.25 bits per heavy atom. The van der Waals surface area contributed by atoms with Gasteiger partial charge < -0.3 is 10.0 Å². The number of benzene rings is 1. The van der Waals surface area contributed by atoms with Gasteiger partial charge in [-0.1, -0.05) is 23.8 Å². The van der Waals surface area contributed by atoms with Crippen molar-refractivity contribution in [3.8, 4) is 0 Å². The molecule has 1 unspecified atom stereocenters. The van der Waals surface area contributed by atoms with Gasteiger partial charge in [0.1, 0.15) is 0 Å². The summed E-state index contributed by atoms with van der Waals surface area (Å²) < 4.78 is 0. The Hall–Kier alpha value is -0.860. The van der Waals surface area contributed by atoms with Crippen LogP contribution in [0.15, 0.2) is 18.2 Å². The van der Waals surface area contributed by atoms with Crippen molar-refractivity contribution < 1.29 is 5.11 Å². The van der Waals surface area contributed by atoms with Crippen LogP contribution in [0.3, 0.4) is 0 Å². The summed E-state index contributed by atoms with van der Waals surface area (Å²) in [5.74, 6) is 0. The number of likely N-dealkylation sites (tertiary alicyclic amines) is 1. The van der Waals surface area contributed by atoms with Crippen LogP contribution in [-0.4, -0.2) is 29.6 Å². The van der Waals surface area contributed by atoms with Gasteiger partial charge in [-0.25, -0.2) is 0 Å². The molecule has 0 amide bonds. The number of hydrogen-bond donors (Lipinski definition) is 1. The lowest BCUT2D eigenvalue weighted by atomic mass is 10.0. The molecule has 0 aromatic heterocycles. The predicted molar refractivity (Wildman–Crippen MR) is 66.5 cm³/mol. The number of aliphatic hydroxyl groups excluding tert-OH is 1. The number of β-amino-alcohol motifs (C(OH)–C–C–N with tert-alkyl or cyclic N) is 1. The van der Waals surface area contributed by atoms with E-state index in [0.717, 1.165) is 25.2 Å². The van der Waals surface area contributed by atoms with Gasteiger partial charge in [-0.3, -0.25) is 0 Å². The van der Waals surface area contributed by atoms with Crippen molar-refractivity contribution in [3.63, 3.8) is 0 Å². The number of aliphatic hydroxyl groups is 1. The Morgan fingerprint density at radius 2 is 1.94 bits per heavy atom. The maximum atomic E-state index is 10.2. The van der Waals surface area contributed by atoms with E-state index in [1.165, 1.54) is 24.0 Å². The molecule has 1 atom stereocenters. The molecule has 2 rings (SSSR count). The minimum atomic E-state index is -0.335. The first kappa shape index (κ1) is 11.6. The fourth-order valence-corrected chi connectivity index (χ4v) is 2.43. The molecular weight excluding hydrogens is 198 g/mol. The standard InChI is InChI=1S/C14H21NO/c1-11-5-6-12(2)13(9-11)14(16)10-15-7-3-4-8-15/h5-6,9,14,16H,3-4,7-8,10H2,1-2H3. The van der Waals surface area contributed by atoms with Crippen LogP contribution in [0.4, 0.5) is 0 Å². The molecule has 1 aromatic carbocycles. The highest BCUT2D eigenvalue weighted by Crippen LogP contribution is 2.21. The number of nitrogens with zero attached hydrogens (tertiary/aromatic N) is 1. The van der Waals surface area contributed by atoms with Crippen LogP contribution in [0.25, 0.3) is 0 Å². The van der Waals surface area contributed by atoms with Gasteiger partial charge in [0.25, 0.3) is 0 Å². The van der Waals surface area contributed by atoms with Gasteiger partial charge in [-0.05, 0) is 50.9 Å². The molecule has 0 radical (unpaired) electrons. The molecule has 0 bridgehead atoms. The van der Waals surface area contributed by atoms with Gasteiger partial charge in [0.15, 0.2) is 0 Å². The Balaban J connectivity index is 2.07. The topological polar surface area (TPSA) is 23.5 Å². The summed E-state index contributed by atoms with van der Waals surface area (Å²) in [6, 6.07) is 6.30. The second-order valence-corrected chi connectivity index (χ2v) is 4.88. The highest BCUT2D eigenvalue weighted by atomic mass is 16.3. The van der Waals surface area contributed by atoms with Crippen molar-refractivity contribution in [3.05, 3.63) is 34.9 Å². The Labute approximate surface area is 97.9 Å². The van der Waals surface area contributed by atoms with E-state index < -0.39 is 0 Å². The molecule has 88 valence electrons. The second-order valence-electron chi connectivity index (χ2n) is 4.88. The van der Waals surface area contributed by atoms with Crippen LogP contribution < -0.4 is 0 Å². The van der Waals surface area contributed by atoms with Gasteiger partial charge in [-0.2, -0.15) is 0 Å². The molecule has 0 spiro atoms. The Kier molecular flexibility index (Phi) is 3.62. The molecule has 1 N–H and O–H groups in total. The summed E-state index contributed by atoms with van der Waals surface area (Å²) in [7, 11) is 0. The summed E-state index contributed by atoms with van der Waals surface area (Å²) in [4.78, 5) is 2.35. The zero-order valence-electron chi connectivity index (χ0n) is 10.2. The Morgan fingerprint density at radius 3 is 2.62 bits per heavy atom. The second kappa shape index (κ2) is 4.98. The molecule has 1 aliphatic rings. The summed E-state index contributed by atoms with van der Waals surface area (Å²) in [5, 5.41) is 10.2. The van der Waals surface area contributed by atoms with Crippen molar-refractivity contribution in [2.75, 3.05) is 19.6 Å². The molecule has 1 heterocycles. The van der Waals surface area contributed by atoms with E-state index in [-0.39, 0.29) is 6.10 Å². The fourth-order valence-electron chi connectivity index (χ4n) is 2.43. The average Bonchev–Trinajstić information content (AvgIpc) is 2.74. The Bertz CT molecular complexity index is 356. The van der Waals surface area contributed by atoms with Gasteiger partial charge in [-0.15, -0.1) is 0 Å². The summed E-state index contributed by atoms with van der Waals surface area (Å²) in [6.45, 7) is 7.21. The molecule has 1 aromatic rings. The lowest BCUT2D eigenvalue weighted by Gasteiger charge is -2.21. The third-order valence-electron chi connectivity index (χ3n) is 3.42. The third-order valence-corrected chi connectivity index (χ3v) is 3.42. The maximum absolute atomic E-state index is 10.2. The number of hydrogen-bond acceptors (Lipinski definition) is 2. The molecule has 1 aliphatic heterocycles. The SMILES string of the molecule is Cc1ccc(C)c(C(O)CN2CCCC2)c1. The summed E-state index contributed by atoms with van der Waals surface area (Å²) >= 11 is 0. The van der Waals surface area contributed by atoms with Gasteiger partial charge in [0.05, 0.1) is 6.10 Å². The first-order valence-electron chi connectivity index (χ1n) is 6.14. The average molecular weight is 219 g/mol. The molecule has 0 saturated carbocycles. The van der Waals surface area contributed by atoms with E-state index in [1.807, 2.05) is 0 Å². The molecule has 1 fully saturated rings. The van der Waals surface area contributed by atoms with Crippen LogP contribution in [-0.2, 0) is 0 Å². The normalized spacial score (nSPS) is 18.9. The van der Waals surface area contributed by atoms with E-state index in [4.69, 9.17) is 0 Å². The number of rotatable bonds is 3. The first-order valence-corrected chi connectivity index (χ1v) is 6.14. The number of aryl methyl sites for hydroxylation is 2. The van der Waals surface area contributed by atoms with Crippen molar-refractivity contribution in [1.82, 2.24) is 4.90 Å². The monoisotopic (exact) mass is 219 g/mol. The van der Waals surface area contributed by atoms with E-state index in [1.54, 1.807) is 0 Å². The zero-order chi connectivity index (χ0) is 11.5. The molecule has 2 nitrogen and oxygen atoms in total. The highest BCUT2D eigenvalue weighted by Gasteiger charge is 2.18. The minimum absolute atomic E-state index is 0.335. The molecule has 1 saturated heterocycles. The highest BCUT2D eigenvalue weighted by molar-refractivity contribution is 5.32. The lowest BCUT2D eigenvalue weighted by molar-refractivity contribution is 0.125. The van der Waals surface area contributed by atoms with E-state index in [0.29, 0.717) is 0 Å². The van der Waals surface area contributed by atoms with Gasteiger partial charge >= 0.3 is 0 Å². The molecule has 16 heavy (non-hydrogen) atoms. The zero-order valence-corrected chi connectivity index (χ0v) is 10.2. The first-order chi connectivity index (χ1) is 7.66. The van der Waals surface area contributed by atoms with Crippen molar-refractivity contribution in [2.24, 2.45) is 0 Å². The molecular formula is C14H21NO. The third kappa shape index (κ3) is 2.63. The smallest absolute Gasteiger partial charge is 0.0919 e. The molecule has 2 heteroatoms. The van der Waals surface area contributed by atoms with Crippen LogP contribution >= 0.6 is 0 Å². The van der Waals surface area contributed by atoms with Crippen molar-refractivity contribution in [1.29, 1.82) is 0 Å².